The Hall–Kier alpha value is -1.82. The largest absolute Gasteiger partial charge is 0.354 e. The molecule has 2 aromatic heterocycles. The second kappa shape index (κ2) is 5.22. The molecule has 0 saturated carbocycles. The molecule has 2 aromatic rings. The third-order valence-electron chi connectivity index (χ3n) is 3.33. The first-order valence-corrected chi connectivity index (χ1v) is 6.24. The molecule has 2 rings (SSSR count). The molecule has 0 radical (unpaired) electrons. The Kier molecular flexibility index (Phi) is 3.66. The molecule has 98 valence electrons. The topological polar surface area (TPSA) is 71.5 Å². The third kappa shape index (κ3) is 2.11. The van der Waals surface area contributed by atoms with Gasteiger partial charge in [-0.05, 0) is 12.8 Å². The molecule has 0 aliphatic rings. The van der Waals surface area contributed by atoms with Gasteiger partial charge in [-0.15, -0.1) is 0 Å². The van der Waals surface area contributed by atoms with Gasteiger partial charge in [-0.3, -0.25) is 0 Å². The number of nitrogens with two attached hydrogens (primary N) is 1. The van der Waals surface area contributed by atoms with Gasteiger partial charge in [0.1, 0.15) is 0 Å². The molecule has 6 heteroatoms. The third-order valence-corrected chi connectivity index (χ3v) is 3.33. The summed E-state index contributed by atoms with van der Waals surface area (Å²) >= 11 is 0. The van der Waals surface area contributed by atoms with Crippen LogP contribution in [0, 0.1) is 0 Å². The Labute approximate surface area is 107 Å². The average Bonchev–Trinajstić information content (AvgIpc) is 2.86. The van der Waals surface area contributed by atoms with Crippen molar-refractivity contribution in [3.05, 3.63) is 18.6 Å². The summed E-state index contributed by atoms with van der Waals surface area (Å²) in [7, 11) is 2.05. The molecule has 0 aromatic carbocycles. The van der Waals surface area contributed by atoms with E-state index in [0.29, 0.717) is 11.9 Å². The van der Waals surface area contributed by atoms with Crippen LogP contribution in [0.4, 0.5) is 11.6 Å². The van der Waals surface area contributed by atoms with Crippen molar-refractivity contribution in [2.24, 2.45) is 5.84 Å². The number of hydrazine groups is 1. The molecular formula is C12H20N6. The van der Waals surface area contributed by atoms with Crippen molar-refractivity contribution in [2.45, 2.75) is 32.7 Å². The van der Waals surface area contributed by atoms with Crippen molar-refractivity contribution >= 4 is 17.3 Å². The molecule has 18 heavy (non-hydrogen) atoms. The van der Waals surface area contributed by atoms with Gasteiger partial charge in [0, 0.05) is 25.5 Å². The van der Waals surface area contributed by atoms with Crippen molar-refractivity contribution in [1.29, 1.82) is 0 Å². The van der Waals surface area contributed by atoms with Crippen molar-refractivity contribution in [3.8, 4) is 0 Å². The molecule has 0 unspecified atom stereocenters. The molecule has 2 heterocycles. The van der Waals surface area contributed by atoms with E-state index in [9.17, 15) is 0 Å². The Morgan fingerprint density at radius 2 is 2.17 bits per heavy atom. The van der Waals surface area contributed by atoms with Crippen LogP contribution >= 0.6 is 0 Å². The zero-order valence-electron chi connectivity index (χ0n) is 11.1. The predicted molar refractivity (Wildman–Crippen MR) is 73.6 cm³/mol. The Balaban J connectivity index is 2.50. The molecular weight excluding hydrogens is 228 g/mol. The number of rotatable bonds is 5. The van der Waals surface area contributed by atoms with Crippen molar-refractivity contribution in [1.82, 2.24) is 14.4 Å². The van der Waals surface area contributed by atoms with Gasteiger partial charge in [0.15, 0.2) is 17.3 Å². The second-order valence-electron chi connectivity index (χ2n) is 4.33. The van der Waals surface area contributed by atoms with E-state index in [1.807, 2.05) is 16.8 Å². The van der Waals surface area contributed by atoms with Gasteiger partial charge in [-0.2, -0.15) is 0 Å². The summed E-state index contributed by atoms with van der Waals surface area (Å²) in [5.74, 6) is 6.94. The normalized spacial score (nSPS) is 11.2. The molecule has 0 bridgehead atoms. The van der Waals surface area contributed by atoms with Gasteiger partial charge in [-0.1, -0.05) is 13.8 Å². The highest BCUT2D eigenvalue weighted by atomic mass is 15.3. The fourth-order valence-electron chi connectivity index (χ4n) is 2.23. The zero-order valence-corrected chi connectivity index (χ0v) is 11.1. The van der Waals surface area contributed by atoms with Crippen LogP contribution in [0.5, 0.6) is 0 Å². The molecule has 0 aliphatic heterocycles. The van der Waals surface area contributed by atoms with Gasteiger partial charge < -0.3 is 14.7 Å². The number of hydrogen-bond donors (Lipinski definition) is 2. The maximum absolute atomic E-state index is 5.45. The van der Waals surface area contributed by atoms with E-state index in [4.69, 9.17) is 5.84 Å². The minimum atomic E-state index is 0.450. The summed E-state index contributed by atoms with van der Waals surface area (Å²) in [5.41, 5.74) is 3.44. The SMILES string of the molecule is CCC(CC)N(C)c1nc(NN)cn2ccnc12. The number of imidazole rings is 1. The summed E-state index contributed by atoms with van der Waals surface area (Å²) in [5, 5.41) is 0. The van der Waals surface area contributed by atoms with Crippen LogP contribution in [0.2, 0.25) is 0 Å². The van der Waals surface area contributed by atoms with Gasteiger partial charge in [-0.25, -0.2) is 15.8 Å². The minimum Gasteiger partial charge on any atom is -0.354 e. The number of hydrogen-bond acceptors (Lipinski definition) is 5. The fourth-order valence-corrected chi connectivity index (χ4v) is 2.23. The molecule has 0 aliphatic carbocycles. The first kappa shape index (κ1) is 12.6. The van der Waals surface area contributed by atoms with Gasteiger partial charge in [0.25, 0.3) is 0 Å². The van der Waals surface area contributed by atoms with Gasteiger partial charge >= 0.3 is 0 Å². The lowest BCUT2D eigenvalue weighted by Gasteiger charge is -2.27. The Bertz CT molecular complexity index is 516. The lowest BCUT2D eigenvalue weighted by molar-refractivity contribution is 0.587. The first-order valence-electron chi connectivity index (χ1n) is 6.24. The van der Waals surface area contributed by atoms with E-state index in [1.165, 1.54) is 0 Å². The molecule has 0 fully saturated rings. The van der Waals surface area contributed by atoms with Crippen molar-refractivity contribution < 1.29 is 0 Å². The molecule has 0 spiro atoms. The number of anilines is 2. The molecule has 3 N–H and O–H groups in total. The molecule has 0 amide bonds. The maximum Gasteiger partial charge on any atom is 0.180 e. The zero-order chi connectivity index (χ0) is 13.1. The first-order chi connectivity index (χ1) is 8.71. The Morgan fingerprint density at radius 3 is 2.78 bits per heavy atom. The highest BCUT2D eigenvalue weighted by Crippen LogP contribution is 2.22. The monoisotopic (exact) mass is 248 g/mol. The van der Waals surface area contributed by atoms with E-state index < -0.39 is 0 Å². The van der Waals surface area contributed by atoms with E-state index >= 15 is 0 Å². The molecule has 0 saturated heterocycles. The smallest absolute Gasteiger partial charge is 0.180 e. The van der Waals surface area contributed by atoms with Crippen LogP contribution in [0.3, 0.4) is 0 Å². The lowest BCUT2D eigenvalue weighted by Crippen LogP contribution is -2.31. The number of nitrogens with one attached hydrogen (secondary N) is 1. The maximum atomic E-state index is 5.45. The highest BCUT2D eigenvalue weighted by molar-refractivity contribution is 5.66. The fraction of sp³-hybridized carbons (Fsp3) is 0.500. The van der Waals surface area contributed by atoms with Crippen LogP contribution in [-0.2, 0) is 0 Å². The highest BCUT2D eigenvalue weighted by Gasteiger charge is 2.17. The van der Waals surface area contributed by atoms with Crippen molar-refractivity contribution in [3.63, 3.8) is 0 Å². The summed E-state index contributed by atoms with van der Waals surface area (Å²) < 4.78 is 1.93. The summed E-state index contributed by atoms with van der Waals surface area (Å²) in [4.78, 5) is 11.0. The predicted octanol–water partition coefficient (Wildman–Crippen LogP) is 1.64. The quantitative estimate of drug-likeness (QED) is 0.621. The average molecular weight is 248 g/mol. The molecule has 0 atom stereocenters. The van der Waals surface area contributed by atoms with Crippen LogP contribution in [0.15, 0.2) is 18.6 Å². The van der Waals surface area contributed by atoms with Crippen LogP contribution in [-0.4, -0.2) is 27.5 Å². The van der Waals surface area contributed by atoms with Crippen LogP contribution in [0.25, 0.3) is 5.65 Å². The van der Waals surface area contributed by atoms with E-state index in [0.717, 1.165) is 24.3 Å². The van der Waals surface area contributed by atoms with E-state index in [2.05, 4.69) is 41.2 Å². The summed E-state index contributed by atoms with van der Waals surface area (Å²) in [6, 6.07) is 0.450. The summed E-state index contributed by atoms with van der Waals surface area (Å²) in [6.07, 6.45) is 7.62. The number of aromatic nitrogens is 3. The minimum absolute atomic E-state index is 0.450. The molecule has 6 nitrogen and oxygen atoms in total. The van der Waals surface area contributed by atoms with Crippen LogP contribution in [0.1, 0.15) is 26.7 Å². The summed E-state index contributed by atoms with van der Waals surface area (Å²) in [6.45, 7) is 4.36. The number of fused-ring (bicyclic) bond motifs is 1. The second-order valence-corrected chi connectivity index (χ2v) is 4.33. The Morgan fingerprint density at radius 1 is 1.44 bits per heavy atom. The standard InChI is InChI=1S/C12H20N6/c1-4-9(5-2)17(3)12-11-14-6-7-18(11)8-10(15-12)16-13/h6-9,16H,4-5,13H2,1-3H3. The van der Waals surface area contributed by atoms with E-state index in [1.54, 1.807) is 6.20 Å². The van der Waals surface area contributed by atoms with Gasteiger partial charge in [0.2, 0.25) is 0 Å². The number of nitrogen functional groups attached to an aromatic ring is 1. The van der Waals surface area contributed by atoms with Crippen LogP contribution < -0.4 is 16.2 Å². The van der Waals surface area contributed by atoms with E-state index in [-0.39, 0.29) is 0 Å². The van der Waals surface area contributed by atoms with Gasteiger partial charge in [0.05, 0.1) is 6.20 Å². The van der Waals surface area contributed by atoms with Crippen molar-refractivity contribution in [2.75, 3.05) is 17.4 Å². The number of nitrogens with zero attached hydrogens (tertiary/aromatic N) is 4. The lowest BCUT2D eigenvalue weighted by atomic mass is 10.1.